The normalized spacial score (nSPS) is 18.4. The molecule has 0 amide bonds. The average molecular weight is 456 g/mol. The highest BCUT2D eigenvalue weighted by atomic mass is 19.1. The lowest BCUT2D eigenvalue weighted by Crippen LogP contribution is -2.38. The summed E-state index contributed by atoms with van der Waals surface area (Å²) in [5, 5.41) is 0. The Morgan fingerprint density at radius 3 is 2.50 bits per heavy atom. The number of hydrogen-bond donors (Lipinski definition) is 1. The van der Waals surface area contributed by atoms with E-state index >= 15 is 4.39 Å². The third kappa shape index (κ3) is 3.10. The molecule has 1 spiro atoms. The van der Waals surface area contributed by atoms with Crippen LogP contribution in [0.2, 0.25) is 0 Å². The molecule has 8 heteroatoms. The van der Waals surface area contributed by atoms with E-state index in [4.69, 9.17) is 20.2 Å². The number of nitrogens with two attached hydrogens (primary N) is 1. The first kappa shape index (κ1) is 20.3. The van der Waals surface area contributed by atoms with Gasteiger partial charge in [0.2, 0.25) is 5.95 Å². The van der Waals surface area contributed by atoms with Crippen LogP contribution in [-0.4, -0.2) is 22.6 Å². The van der Waals surface area contributed by atoms with Crippen molar-refractivity contribution in [3.05, 3.63) is 96.1 Å². The highest BCUT2D eigenvalue weighted by molar-refractivity contribution is 5.77. The van der Waals surface area contributed by atoms with E-state index in [1.807, 2.05) is 6.07 Å². The van der Waals surface area contributed by atoms with Gasteiger partial charge < -0.3 is 15.2 Å². The van der Waals surface area contributed by atoms with Crippen molar-refractivity contribution >= 4 is 6.02 Å². The van der Waals surface area contributed by atoms with Crippen LogP contribution < -0.4 is 10.5 Å². The fraction of sp³-hybridized carbons (Fsp3) is 0.115. The minimum atomic E-state index is -1.07. The maximum atomic E-state index is 15.4. The van der Waals surface area contributed by atoms with Crippen molar-refractivity contribution in [2.75, 3.05) is 6.61 Å². The molecule has 0 saturated carbocycles. The summed E-state index contributed by atoms with van der Waals surface area (Å²) in [5.74, 6) is -0.592. The van der Waals surface area contributed by atoms with Crippen LogP contribution in [0.25, 0.3) is 22.3 Å². The van der Waals surface area contributed by atoms with Gasteiger partial charge in [-0.25, -0.2) is 14.4 Å². The molecule has 4 heterocycles. The molecule has 0 unspecified atom stereocenters. The van der Waals surface area contributed by atoms with Crippen LogP contribution in [-0.2, 0) is 10.3 Å². The second kappa shape index (κ2) is 7.62. The molecule has 0 fully saturated rings. The number of amidine groups is 1. The van der Waals surface area contributed by atoms with Gasteiger partial charge in [0, 0.05) is 41.7 Å². The molecule has 0 saturated heterocycles. The Kier molecular flexibility index (Phi) is 4.55. The van der Waals surface area contributed by atoms with E-state index in [1.54, 1.807) is 54.9 Å². The number of nitrogens with zero attached hydrogens (tertiary/aromatic N) is 3. The molecule has 2 aliphatic rings. The van der Waals surface area contributed by atoms with Crippen molar-refractivity contribution in [1.29, 1.82) is 0 Å². The van der Waals surface area contributed by atoms with Crippen LogP contribution in [0.15, 0.2) is 78.2 Å². The second-order valence-electron chi connectivity index (χ2n) is 8.13. The van der Waals surface area contributed by atoms with Crippen molar-refractivity contribution in [3.8, 4) is 33.8 Å². The Bertz CT molecular complexity index is 1460. The summed E-state index contributed by atoms with van der Waals surface area (Å²) < 4.78 is 41.4. The molecular weight excluding hydrogens is 438 g/mol. The molecule has 0 bridgehead atoms. The summed E-state index contributed by atoms with van der Waals surface area (Å²) in [6.07, 6.45) is 5.08. The highest BCUT2D eigenvalue weighted by Gasteiger charge is 2.46. The lowest BCUT2D eigenvalue weighted by atomic mass is 9.76. The fourth-order valence-corrected chi connectivity index (χ4v) is 4.65. The van der Waals surface area contributed by atoms with E-state index in [2.05, 4.69) is 9.97 Å². The van der Waals surface area contributed by atoms with Crippen molar-refractivity contribution in [2.45, 2.75) is 12.0 Å². The molecule has 6 rings (SSSR count). The highest BCUT2D eigenvalue weighted by Crippen LogP contribution is 2.54. The van der Waals surface area contributed by atoms with Gasteiger partial charge in [-0.15, -0.1) is 0 Å². The largest absolute Gasteiger partial charge is 0.465 e. The van der Waals surface area contributed by atoms with E-state index in [1.165, 1.54) is 12.3 Å². The average Bonchev–Trinajstić information content (AvgIpc) is 2.86. The monoisotopic (exact) mass is 456 g/mol. The molecule has 2 aliphatic heterocycles. The van der Waals surface area contributed by atoms with Crippen molar-refractivity contribution in [2.24, 2.45) is 10.7 Å². The van der Waals surface area contributed by atoms with E-state index in [-0.39, 0.29) is 18.4 Å². The summed E-state index contributed by atoms with van der Waals surface area (Å²) in [4.78, 5) is 12.5. The van der Waals surface area contributed by atoms with E-state index in [0.29, 0.717) is 40.0 Å². The second-order valence-corrected chi connectivity index (χ2v) is 8.13. The maximum absolute atomic E-state index is 15.4. The lowest BCUT2D eigenvalue weighted by Gasteiger charge is -2.39. The molecule has 4 aromatic rings. The SMILES string of the molecule is NC1=N[C@@]2(CCO1)c1cc(-c3cccnc3F)ccc1Oc1c(F)cc(-c3ccncc3)cc12. The standard InChI is InChI=1S/C26H18F2N4O2/c27-21-14-17(15-5-9-30-10-6-15)13-20-23(21)34-22-4-3-16(18-2-1-8-31-24(18)28)12-19(22)26(20)7-11-33-25(29)32-26/h1-6,8-10,12-14H,7,11H2,(H2,29,32)/t26-/m0/s1. The Morgan fingerprint density at radius 2 is 1.71 bits per heavy atom. The molecule has 2 aromatic carbocycles. The first-order valence-electron chi connectivity index (χ1n) is 10.7. The van der Waals surface area contributed by atoms with Gasteiger partial charge in [0.1, 0.15) is 11.3 Å². The Morgan fingerprint density at radius 1 is 0.882 bits per heavy atom. The molecule has 2 N–H and O–H groups in total. The van der Waals surface area contributed by atoms with Crippen LogP contribution >= 0.6 is 0 Å². The molecule has 6 nitrogen and oxygen atoms in total. The predicted molar refractivity (Wildman–Crippen MR) is 122 cm³/mol. The maximum Gasteiger partial charge on any atom is 0.283 e. The summed E-state index contributed by atoms with van der Waals surface area (Å²) in [6.45, 7) is 0.279. The topological polar surface area (TPSA) is 82.6 Å². The van der Waals surface area contributed by atoms with Gasteiger partial charge in [-0.1, -0.05) is 6.07 Å². The molecule has 2 aromatic heterocycles. The number of hydrogen-bond acceptors (Lipinski definition) is 6. The zero-order chi connectivity index (χ0) is 23.3. The number of aliphatic imine (C=N–C) groups is 1. The molecule has 0 radical (unpaired) electrons. The molecule has 168 valence electrons. The van der Waals surface area contributed by atoms with Gasteiger partial charge in [-0.3, -0.25) is 4.98 Å². The van der Waals surface area contributed by atoms with Gasteiger partial charge >= 0.3 is 0 Å². The minimum absolute atomic E-state index is 0.00210. The van der Waals surface area contributed by atoms with E-state index < -0.39 is 17.3 Å². The van der Waals surface area contributed by atoms with E-state index in [9.17, 15) is 4.39 Å². The number of pyridine rings is 2. The minimum Gasteiger partial charge on any atom is -0.465 e. The first-order chi connectivity index (χ1) is 16.5. The summed E-state index contributed by atoms with van der Waals surface area (Å²) in [7, 11) is 0. The van der Waals surface area contributed by atoms with Gasteiger partial charge in [-0.2, -0.15) is 4.39 Å². The summed E-state index contributed by atoms with van der Waals surface area (Å²) in [5.41, 5.74) is 8.54. The third-order valence-electron chi connectivity index (χ3n) is 6.22. The van der Waals surface area contributed by atoms with Gasteiger partial charge in [-0.05, 0) is 65.2 Å². The smallest absolute Gasteiger partial charge is 0.283 e. The number of benzene rings is 2. The Balaban J connectivity index is 1.61. The quantitative estimate of drug-likeness (QED) is 0.421. The van der Waals surface area contributed by atoms with E-state index in [0.717, 1.165) is 5.56 Å². The van der Waals surface area contributed by atoms with Gasteiger partial charge in [0.15, 0.2) is 11.6 Å². The molecule has 1 atom stereocenters. The molecular formula is C26H18F2N4O2. The summed E-state index contributed by atoms with van der Waals surface area (Å²) >= 11 is 0. The van der Waals surface area contributed by atoms with Crippen LogP contribution in [0.4, 0.5) is 8.78 Å². The number of ether oxygens (including phenoxy) is 2. The number of rotatable bonds is 2. The molecule has 0 aliphatic carbocycles. The van der Waals surface area contributed by atoms with Gasteiger partial charge in [0.25, 0.3) is 6.02 Å². The van der Waals surface area contributed by atoms with Crippen LogP contribution in [0.3, 0.4) is 0 Å². The Hall–Kier alpha value is -4.33. The third-order valence-corrected chi connectivity index (χ3v) is 6.22. The van der Waals surface area contributed by atoms with Crippen molar-refractivity contribution < 1.29 is 18.3 Å². The number of aromatic nitrogens is 2. The van der Waals surface area contributed by atoms with Crippen LogP contribution in [0, 0.1) is 11.8 Å². The summed E-state index contributed by atoms with van der Waals surface area (Å²) in [6, 6.07) is 15.4. The van der Waals surface area contributed by atoms with Crippen LogP contribution in [0.5, 0.6) is 11.5 Å². The number of fused-ring (bicyclic) bond motifs is 4. The fourth-order valence-electron chi connectivity index (χ4n) is 4.65. The zero-order valence-corrected chi connectivity index (χ0v) is 17.8. The molecule has 34 heavy (non-hydrogen) atoms. The van der Waals surface area contributed by atoms with Crippen LogP contribution in [0.1, 0.15) is 17.5 Å². The zero-order valence-electron chi connectivity index (χ0n) is 17.8. The van der Waals surface area contributed by atoms with Crippen molar-refractivity contribution in [1.82, 2.24) is 9.97 Å². The first-order valence-corrected chi connectivity index (χ1v) is 10.7. The lowest BCUT2D eigenvalue weighted by molar-refractivity contribution is 0.218. The Labute approximate surface area is 193 Å². The predicted octanol–water partition coefficient (Wildman–Crippen LogP) is 5.17. The van der Waals surface area contributed by atoms with Crippen molar-refractivity contribution in [3.63, 3.8) is 0 Å². The number of halogens is 2. The van der Waals surface area contributed by atoms with Gasteiger partial charge in [0.05, 0.1) is 6.61 Å².